The number of ketones is 2. The van der Waals surface area contributed by atoms with E-state index in [1.807, 2.05) is 0 Å². The number of ether oxygens (including phenoxy) is 1. The summed E-state index contributed by atoms with van der Waals surface area (Å²) in [6, 6.07) is 4.76. The summed E-state index contributed by atoms with van der Waals surface area (Å²) in [6.07, 6.45) is 0.149. The molecule has 0 bridgehead atoms. The van der Waals surface area contributed by atoms with Crippen LogP contribution in [0.5, 0.6) is 0 Å². The van der Waals surface area contributed by atoms with Gasteiger partial charge in [-0.05, 0) is 18.2 Å². The number of hydrogen-bond acceptors (Lipinski definition) is 5. The van der Waals surface area contributed by atoms with Gasteiger partial charge in [-0.3, -0.25) is 9.59 Å². The number of carbonyl (C=O) groups is 3. The standard InChI is InChI=1S/C17H14ClNO5S/c18-9-1-2-10-11(7-9)14-15(13(21)12(10)20)25-8-17(24-14)3-5-19(6-4-17)16(22)23/h1-2,7H,3-6,8H2,(H,22,23). The molecule has 2 heterocycles. The zero-order chi connectivity index (χ0) is 17.8. The van der Waals surface area contributed by atoms with Gasteiger partial charge in [0, 0.05) is 47.8 Å². The molecule has 1 spiro atoms. The van der Waals surface area contributed by atoms with Crippen LogP contribution in [0.1, 0.15) is 28.8 Å². The predicted molar refractivity (Wildman–Crippen MR) is 92.8 cm³/mol. The normalized spacial score (nSPS) is 21.7. The summed E-state index contributed by atoms with van der Waals surface area (Å²) in [5, 5.41) is 9.57. The second kappa shape index (κ2) is 5.78. The van der Waals surface area contributed by atoms with Crippen LogP contribution >= 0.6 is 23.4 Å². The van der Waals surface area contributed by atoms with Crippen molar-refractivity contribution in [3.63, 3.8) is 0 Å². The van der Waals surface area contributed by atoms with Crippen LogP contribution in [0.2, 0.25) is 5.02 Å². The molecule has 1 fully saturated rings. The molecule has 1 aromatic rings. The van der Waals surface area contributed by atoms with Crippen molar-refractivity contribution in [3.05, 3.63) is 39.3 Å². The van der Waals surface area contributed by atoms with E-state index in [-0.39, 0.29) is 0 Å². The highest BCUT2D eigenvalue weighted by molar-refractivity contribution is 8.04. The van der Waals surface area contributed by atoms with Gasteiger partial charge in [0.05, 0.1) is 0 Å². The lowest BCUT2D eigenvalue weighted by Gasteiger charge is -2.44. The van der Waals surface area contributed by atoms with Gasteiger partial charge in [-0.15, -0.1) is 11.8 Å². The van der Waals surface area contributed by atoms with Gasteiger partial charge < -0.3 is 14.7 Å². The fraction of sp³-hybridized carbons (Fsp3) is 0.353. The average molecular weight is 380 g/mol. The van der Waals surface area contributed by atoms with Gasteiger partial charge in [0.25, 0.3) is 0 Å². The summed E-state index contributed by atoms with van der Waals surface area (Å²) < 4.78 is 6.25. The van der Waals surface area contributed by atoms with Gasteiger partial charge in [-0.2, -0.15) is 0 Å². The summed E-state index contributed by atoms with van der Waals surface area (Å²) in [4.78, 5) is 37.5. The molecule has 1 saturated heterocycles. The van der Waals surface area contributed by atoms with Crippen LogP contribution in [0.15, 0.2) is 23.1 Å². The zero-order valence-electron chi connectivity index (χ0n) is 13.1. The van der Waals surface area contributed by atoms with Crippen molar-refractivity contribution in [1.82, 2.24) is 4.90 Å². The van der Waals surface area contributed by atoms with Crippen molar-refractivity contribution in [2.45, 2.75) is 18.4 Å². The van der Waals surface area contributed by atoms with Gasteiger partial charge in [-0.25, -0.2) is 4.79 Å². The molecule has 0 atom stereocenters. The first-order chi connectivity index (χ1) is 11.9. The van der Waals surface area contributed by atoms with E-state index in [2.05, 4.69) is 0 Å². The summed E-state index contributed by atoms with van der Waals surface area (Å²) in [5.74, 6) is -0.165. The predicted octanol–water partition coefficient (Wildman–Crippen LogP) is 3.05. The molecule has 6 nitrogen and oxygen atoms in total. The van der Waals surface area contributed by atoms with Crippen LogP contribution in [-0.4, -0.2) is 52.1 Å². The minimum Gasteiger partial charge on any atom is -0.484 e. The van der Waals surface area contributed by atoms with Gasteiger partial charge in [-0.1, -0.05) is 11.6 Å². The second-order valence-corrected chi connectivity index (χ2v) is 7.77. The van der Waals surface area contributed by atoms with E-state index in [4.69, 9.17) is 21.4 Å². The summed E-state index contributed by atoms with van der Waals surface area (Å²) in [7, 11) is 0. The molecule has 0 aromatic heterocycles. The van der Waals surface area contributed by atoms with Gasteiger partial charge in [0.2, 0.25) is 11.6 Å². The molecule has 0 unspecified atom stereocenters. The van der Waals surface area contributed by atoms with Crippen molar-refractivity contribution in [2.24, 2.45) is 0 Å². The number of fused-ring (bicyclic) bond motifs is 2. The fourth-order valence-electron chi connectivity index (χ4n) is 3.39. The maximum Gasteiger partial charge on any atom is 0.407 e. The Labute approximate surface area is 152 Å². The van der Waals surface area contributed by atoms with Crippen LogP contribution in [0.3, 0.4) is 0 Å². The van der Waals surface area contributed by atoms with Crippen LogP contribution in [0, 0.1) is 0 Å². The largest absolute Gasteiger partial charge is 0.484 e. The third-order valence-electron chi connectivity index (χ3n) is 4.83. The number of nitrogens with zero attached hydrogens (tertiary/aromatic N) is 1. The molecule has 0 radical (unpaired) electrons. The lowest BCUT2D eigenvalue weighted by atomic mass is 9.90. The lowest BCUT2D eigenvalue weighted by Crippen LogP contribution is -2.50. The van der Waals surface area contributed by atoms with E-state index in [0.29, 0.717) is 58.5 Å². The Morgan fingerprint density at radius 2 is 1.92 bits per heavy atom. The molecule has 1 N–H and O–H groups in total. The van der Waals surface area contributed by atoms with Crippen LogP contribution in [-0.2, 0) is 9.53 Å². The van der Waals surface area contributed by atoms with Crippen LogP contribution in [0.4, 0.5) is 4.79 Å². The number of halogens is 1. The Morgan fingerprint density at radius 3 is 2.60 bits per heavy atom. The van der Waals surface area contributed by atoms with Gasteiger partial charge in [0.15, 0.2) is 0 Å². The number of benzene rings is 1. The Bertz CT molecular complexity index is 841. The maximum atomic E-state index is 12.4. The molecule has 1 aromatic carbocycles. The SMILES string of the molecule is O=C1C(=O)c2ccc(Cl)cc2C2=C1SCC1(CCN(C(=O)O)CC1)O2. The Hall–Kier alpha value is -1.99. The quantitative estimate of drug-likeness (QED) is 0.697. The number of allylic oxidation sites excluding steroid dienone is 1. The number of thioether (sulfide) groups is 1. The van der Waals surface area contributed by atoms with Crippen molar-refractivity contribution < 1.29 is 24.2 Å². The first-order valence-electron chi connectivity index (χ1n) is 7.83. The minimum atomic E-state index is -0.936. The Morgan fingerprint density at radius 1 is 1.20 bits per heavy atom. The highest BCUT2D eigenvalue weighted by Gasteiger charge is 2.46. The lowest BCUT2D eigenvalue weighted by molar-refractivity contribution is -0.111. The van der Waals surface area contributed by atoms with Crippen molar-refractivity contribution in [1.29, 1.82) is 0 Å². The molecule has 130 valence electrons. The van der Waals surface area contributed by atoms with Crippen LogP contribution < -0.4 is 0 Å². The zero-order valence-corrected chi connectivity index (χ0v) is 14.7. The minimum absolute atomic E-state index is 0.300. The highest BCUT2D eigenvalue weighted by atomic mass is 35.5. The molecular formula is C17H14ClNO5S. The van der Waals surface area contributed by atoms with E-state index in [1.165, 1.54) is 16.7 Å². The molecule has 2 aliphatic heterocycles. The van der Waals surface area contributed by atoms with Gasteiger partial charge >= 0.3 is 6.09 Å². The Balaban J connectivity index is 1.70. The number of carboxylic acid groups (broad SMARTS) is 1. The van der Waals surface area contributed by atoms with Gasteiger partial charge in [0.1, 0.15) is 16.3 Å². The van der Waals surface area contributed by atoms with E-state index in [9.17, 15) is 14.4 Å². The van der Waals surface area contributed by atoms with E-state index < -0.39 is 23.3 Å². The van der Waals surface area contributed by atoms with E-state index >= 15 is 0 Å². The molecule has 3 aliphatic rings. The number of carbonyl (C=O) groups excluding carboxylic acids is 2. The molecule has 4 rings (SSSR count). The summed E-state index contributed by atoms with van der Waals surface area (Å²) in [6.45, 7) is 0.765. The molecule has 8 heteroatoms. The van der Waals surface area contributed by atoms with Crippen molar-refractivity contribution in [2.75, 3.05) is 18.8 Å². The maximum absolute atomic E-state index is 12.4. The highest BCUT2D eigenvalue weighted by Crippen LogP contribution is 2.47. The average Bonchev–Trinajstić information content (AvgIpc) is 2.60. The topological polar surface area (TPSA) is 83.9 Å². The summed E-state index contributed by atoms with van der Waals surface area (Å²) in [5.41, 5.74) is 0.309. The molecule has 0 saturated carbocycles. The number of likely N-dealkylation sites (tertiary alicyclic amines) is 1. The molecule has 25 heavy (non-hydrogen) atoms. The molecular weight excluding hydrogens is 366 g/mol. The number of amides is 1. The van der Waals surface area contributed by atoms with E-state index in [1.54, 1.807) is 18.2 Å². The molecule has 1 amide bonds. The first kappa shape index (κ1) is 16.5. The third kappa shape index (κ3) is 2.62. The number of piperidine rings is 1. The van der Waals surface area contributed by atoms with Crippen LogP contribution in [0.25, 0.3) is 5.76 Å². The number of rotatable bonds is 0. The second-order valence-electron chi connectivity index (χ2n) is 6.35. The van der Waals surface area contributed by atoms with Crippen molar-refractivity contribution >= 4 is 46.8 Å². The smallest absolute Gasteiger partial charge is 0.407 e. The van der Waals surface area contributed by atoms with Crippen molar-refractivity contribution in [3.8, 4) is 0 Å². The molecule has 1 aliphatic carbocycles. The van der Waals surface area contributed by atoms with E-state index in [0.717, 1.165) is 0 Å². The number of hydrogen-bond donors (Lipinski definition) is 1. The fourth-order valence-corrected chi connectivity index (χ4v) is 4.82. The summed E-state index contributed by atoms with van der Waals surface area (Å²) >= 11 is 7.39. The monoisotopic (exact) mass is 379 g/mol. The first-order valence-corrected chi connectivity index (χ1v) is 9.19. The number of Topliss-reactive ketones (excluding diaryl/α,β-unsaturated/α-hetero) is 2. The Kier molecular flexibility index (Phi) is 3.81. The third-order valence-corrected chi connectivity index (χ3v) is 6.40.